The molecule has 48 heavy (non-hydrogen) atoms. The van der Waals surface area contributed by atoms with Crippen molar-refractivity contribution in [3.63, 3.8) is 0 Å². The third kappa shape index (κ3) is 4.69. The molecule has 3 aliphatic rings. The van der Waals surface area contributed by atoms with E-state index < -0.39 is 11.2 Å². The number of unbranched alkanes of at least 4 members (excludes halogenated alkanes) is 1. The number of nitrogens with zero attached hydrogens (tertiary/aromatic N) is 1. The van der Waals surface area contributed by atoms with Crippen molar-refractivity contribution in [3.05, 3.63) is 125 Å². The molecule has 244 valence electrons. The lowest BCUT2D eigenvalue weighted by Gasteiger charge is -2.39. The highest BCUT2D eigenvalue weighted by molar-refractivity contribution is 6.08. The zero-order chi connectivity index (χ0) is 32.9. The van der Waals surface area contributed by atoms with Gasteiger partial charge in [-0.1, -0.05) is 74.4 Å². The van der Waals surface area contributed by atoms with Gasteiger partial charge in [0.05, 0.1) is 27.4 Å². The second-order valence-corrected chi connectivity index (χ2v) is 13.0. The predicted molar refractivity (Wildman–Crippen MR) is 191 cm³/mol. The minimum atomic E-state index is -1.21. The van der Waals surface area contributed by atoms with Crippen LogP contribution < -0.4 is 19.1 Å². The van der Waals surface area contributed by atoms with Gasteiger partial charge in [0, 0.05) is 46.4 Å². The lowest BCUT2D eigenvalue weighted by Crippen LogP contribution is -2.37. The van der Waals surface area contributed by atoms with E-state index in [1.54, 1.807) is 14.2 Å². The van der Waals surface area contributed by atoms with Crippen LogP contribution >= 0.6 is 0 Å². The normalized spacial score (nSPS) is 21.0. The molecule has 6 nitrogen and oxygen atoms in total. The third-order valence-electron chi connectivity index (χ3n) is 10.4. The van der Waals surface area contributed by atoms with Crippen LogP contribution in [-0.2, 0) is 15.9 Å². The fourth-order valence-corrected chi connectivity index (χ4v) is 7.90. The van der Waals surface area contributed by atoms with Crippen LogP contribution in [0.4, 0.5) is 5.69 Å². The fourth-order valence-electron chi connectivity index (χ4n) is 7.90. The van der Waals surface area contributed by atoms with Gasteiger partial charge in [-0.2, -0.15) is 0 Å². The van der Waals surface area contributed by atoms with Crippen LogP contribution in [-0.4, -0.2) is 45.6 Å². The summed E-state index contributed by atoms with van der Waals surface area (Å²) < 4.78 is 24.5. The first-order chi connectivity index (χ1) is 23.5. The van der Waals surface area contributed by atoms with E-state index in [1.165, 1.54) is 5.69 Å². The molecule has 1 N–H and O–H groups in total. The molecular formula is C42H41NO5. The van der Waals surface area contributed by atoms with Gasteiger partial charge in [0.25, 0.3) is 0 Å². The topological polar surface area (TPSA) is 60.4 Å². The van der Waals surface area contributed by atoms with Gasteiger partial charge in [-0.3, -0.25) is 0 Å². The van der Waals surface area contributed by atoms with E-state index >= 15 is 0 Å². The summed E-state index contributed by atoms with van der Waals surface area (Å²) >= 11 is 0. The Morgan fingerprint density at radius 1 is 0.812 bits per heavy atom. The van der Waals surface area contributed by atoms with Gasteiger partial charge in [-0.25, -0.2) is 0 Å². The van der Waals surface area contributed by atoms with E-state index in [4.69, 9.17) is 18.9 Å². The van der Waals surface area contributed by atoms with Crippen LogP contribution in [0.3, 0.4) is 0 Å². The van der Waals surface area contributed by atoms with Crippen LogP contribution in [0.1, 0.15) is 54.0 Å². The summed E-state index contributed by atoms with van der Waals surface area (Å²) in [5, 5.41) is 14.9. The molecule has 5 aromatic rings. The molecule has 0 bridgehead atoms. The molecule has 1 aliphatic carbocycles. The van der Waals surface area contributed by atoms with Gasteiger partial charge in [-0.15, -0.1) is 0 Å². The van der Waals surface area contributed by atoms with E-state index in [2.05, 4.69) is 90.7 Å². The highest BCUT2D eigenvalue weighted by Crippen LogP contribution is 2.59. The molecule has 0 radical (unpaired) electrons. The van der Waals surface area contributed by atoms with Crippen molar-refractivity contribution in [3.8, 4) is 28.4 Å². The van der Waals surface area contributed by atoms with Crippen molar-refractivity contribution in [2.45, 2.75) is 37.4 Å². The summed E-state index contributed by atoms with van der Waals surface area (Å²) in [5.74, 6) is 2.21. The second-order valence-electron chi connectivity index (χ2n) is 13.0. The maximum absolute atomic E-state index is 12.9. The SMILES string of the molecule is CCCCC1(O)c2cc(OC)ccc2-c2c1c1c(c3cc(OC)ccc23)OC(c2ccccc2)(c2ccc(N3CCOCC3)cc2)C=C1. The number of anilines is 1. The molecule has 1 saturated heterocycles. The van der Waals surface area contributed by atoms with Crippen LogP contribution in [0, 0.1) is 0 Å². The van der Waals surface area contributed by atoms with Crippen LogP contribution in [0.25, 0.3) is 28.0 Å². The van der Waals surface area contributed by atoms with E-state index in [1.807, 2.05) is 24.3 Å². The standard InChI is InChI=1S/C42H41NO5/c1-4-5-20-41(44)37-27-32(46-3)16-18-34(37)38-33-17-15-31(45-2)26-36(33)40-35(39(38)41)19-21-42(48-40,28-9-7-6-8-10-28)29-11-13-30(14-12-29)43-22-24-47-25-23-43/h6-19,21,26-27,44H,4-5,20,22-25H2,1-3H3. The molecule has 0 saturated carbocycles. The first-order valence-corrected chi connectivity index (χ1v) is 17.0. The molecule has 8 rings (SSSR count). The van der Waals surface area contributed by atoms with E-state index in [-0.39, 0.29) is 0 Å². The highest BCUT2D eigenvalue weighted by atomic mass is 16.5. The lowest BCUT2D eigenvalue weighted by atomic mass is 9.79. The van der Waals surface area contributed by atoms with E-state index in [9.17, 15) is 5.11 Å². The van der Waals surface area contributed by atoms with E-state index in [0.717, 1.165) is 106 Å². The largest absolute Gasteiger partial charge is 0.497 e. The number of benzene rings is 5. The molecule has 2 atom stereocenters. The van der Waals surface area contributed by atoms with Crippen molar-refractivity contribution < 1.29 is 24.1 Å². The molecule has 0 amide bonds. The molecule has 2 heterocycles. The minimum absolute atomic E-state index is 0.589. The van der Waals surface area contributed by atoms with Crippen molar-refractivity contribution in [1.82, 2.24) is 0 Å². The number of hydrogen-bond donors (Lipinski definition) is 1. The quantitative estimate of drug-likeness (QED) is 0.184. The van der Waals surface area contributed by atoms with Gasteiger partial charge in [0.15, 0.2) is 5.60 Å². The van der Waals surface area contributed by atoms with Crippen LogP contribution in [0.2, 0.25) is 0 Å². The van der Waals surface area contributed by atoms with Gasteiger partial charge in [0.2, 0.25) is 0 Å². The maximum atomic E-state index is 12.9. The summed E-state index contributed by atoms with van der Waals surface area (Å²) in [6.45, 7) is 5.39. The Labute approximate surface area is 282 Å². The zero-order valence-corrected chi connectivity index (χ0v) is 27.8. The average Bonchev–Trinajstić information content (AvgIpc) is 3.42. The summed E-state index contributed by atoms with van der Waals surface area (Å²) in [6.07, 6.45) is 6.78. The zero-order valence-electron chi connectivity index (χ0n) is 27.8. The first kappa shape index (κ1) is 30.5. The number of ether oxygens (including phenoxy) is 4. The maximum Gasteiger partial charge on any atom is 0.178 e. The van der Waals surface area contributed by atoms with Crippen molar-refractivity contribution in [1.29, 1.82) is 0 Å². The molecule has 5 aromatic carbocycles. The van der Waals surface area contributed by atoms with Gasteiger partial charge < -0.3 is 29.0 Å². The highest BCUT2D eigenvalue weighted by Gasteiger charge is 2.47. The molecule has 1 fully saturated rings. The van der Waals surface area contributed by atoms with E-state index in [0.29, 0.717) is 6.42 Å². The molecular weight excluding hydrogens is 598 g/mol. The lowest BCUT2D eigenvalue weighted by molar-refractivity contribution is 0.0719. The predicted octanol–water partition coefficient (Wildman–Crippen LogP) is 8.45. The second kappa shape index (κ2) is 12.0. The Morgan fingerprint density at radius 2 is 1.52 bits per heavy atom. The number of hydrogen-bond acceptors (Lipinski definition) is 6. The number of morpholine rings is 1. The average molecular weight is 640 g/mol. The number of aliphatic hydroxyl groups is 1. The summed E-state index contributed by atoms with van der Waals surface area (Å²) in [4.78, 5) is 2.36. The number of rotatable bonds is 8. The molecule has 0 aromatic heterocycles. The Kier molecular flexibility index (Phi) is 7.66. The Hall–Kier alpha value is -4.78. The monoisotopic (exact) mass is 639 g/mol. The fraction of sp³-hybridized carbons (Fsp3) is 0.286. The van der Waals surface area contributed by atoms with Crippen LogP contribution in [0.15, 0.2) is 97.1 Å². The Morgan fingerprint density at radius 3 is 2.25 bits per heavy atom. The first-order valence-electron chi connectivity index (χ1n) is 17.0. The summed E-state index contributed by atoms with van der Waals surface area (Å²) in [7, 11) is 3.36. The summed E-state index contributed by atoms with van der Waals surface area (Å²) in [5.41, 5.74) is 5.84. The number of fused-ring (bicyclic) bond motifs is 8. The van der Waals surface area contributed by atoms with Gasteiger partial charge in [-0.05, 0) is 77.0 Å². The Balaban J connectivity index is 1.38. The minimum Gasteiger partial charge on any atom is -0.497 e. The number of methoxy groups -OCH3 is 2. The van der Waals surface area contributed by atoms with Crippen molar-refractivity contribution in [2.24, 2.45) is 0 Å². The van der Waals surface area contributed by atoms with Crippen molar-refractivity contribution in [2.75, 3.05) is 45.4 Å². The van der Waals surface area contributed by atoms with Crippen molar-refractivity contribution >= 4 is 22.5 Å². The van der Waals surface area contributed by atoms with Gasteiger partial charge in [0.1, 0.15) is 22.8 Å². The third-order valence-corrected chi connectivity index (χ3v) is 10.4. The summed E-state index contributed by atoms with van der Waals surface area (Å²) in [6, 6.07) is 31.4. The molecule has 6 heteroatoms. The smallest absolute Gasteiger partial charge is 0.178 e. The molecule has 2 aliphatic heterocycles. The van der Waals surface area contributed by atoms with Gasteiger partial charge >= 0.3 is 0 Å². The molecule has 0 spiro atoms. The Bertz CT molecular complexity index is 2010. The van der Waals surface area contributed by atoms with Crippen LogP contribution in [0.5, 0.6) is 17.2 Å². The molecule has 2 unspecified atom stereocenters.